The van der Waals surface area contributed by atoms with Gasteiger partial charge in [-0.2, -0.15) is 0 Å². The van der Waals surface area contributed by atoms with Gasteiger partial charge in [0.25, 0.3) is 0 Å². The van der Waals surface area contributed by atoms with Gasteiger partial charge >= 0.3 is 5.97 Å². The Balaban J connectivity index is 0.000000217. The van der Waals surface area contributed by atoms with Crippen molar-refractivity contribution < 1.29 is 9.53 Å². The molecule has 0 spiro atoms. The molecule has 3 heteroatoms. The summed E-state index contributed by atoms with van der Waals surface area (Å²) in [4.78, 5) is 11.0. The summed E-state index contributed by atoms with van der Waals surface area (Å²) in [5, 5.41) is 3.38. The molecule has 1 saturated heterocycles. The van der Waals surface area contributed by atoms with Crippen LogP contribution in [-0.2, 0) is 16.0 Å². The van der Waals surface area contributed by atoms with Crippen LogP contribution in [0.4, 0.5) is 0 Å². The van der Waals surface area contributed by atoms with Crippen molar-refractivity contribution in [2.45, 2.75) is 33.6 Å². The SMILES string of the molecule is CC1CNCC(C)C1.CCOC(=O)Cc1ccccc1. The monoisotopic (exact) mass is 277 g/mol. The van der Waals surface area contributed by atoms with Gasteiger partial charge in [0, 0.05) is 0 Å². The van der Waals surface area contributed by atoms with Crippen molar-refractivity contribution in [2.75, 3.05) is 19.7 Å². The lowest BCUT2D eigenvalue weighted by Crippen LogP contribution is -2.33. The lowest BCUT2D eigenvalue weighted by atomic mass is 9.94. The number of carbonyl (C=O) groups excluding carboxylic acids is 1. The summed E-state index contributed by atoms with van der Waals surface area (Å²) in [6.45, 7) is 9.33. The van der Waals surface area contributed by atoms with Crippen molar-refractivity contribution >= 4 is 5.97 Å². The van der Waals surface area contributed by atoms with E-state index < -0.39 is 0 Å². The summed E-state index contributed by atoms with van der Waals surface area (Å²) in [5.41, 5.74) is 0.996. The second-order valence-corrected chi connectivity index (χ2v) is 5.57. The van der Waals surface area contributed by atoms with E-state index in [0.29, 0.717) is 13.0 Å². The Kier molecular flexibility index (Phi) is 7.97. The molecule has 0 radical (unpaired) electrons. The predicted octanol–water partition coefficient (Wildman–Crippen LogP) is 3.04. The van der Waals surface area contributed by atoms with Gasteiger partial charge < -0.3 is 10.1 Å². The molecule has 2 rings (SSSR count). The third-order valence-corrected chi connectivity index (χ3v) is 3.29. The van der Waals surface area contributed by atoms with Crippen molar-refractivity contribution in [3.05, 3.63) is 35.9 Å². The molecule has 0 aliphatic carbocycles. The Morgan fingerprint density at radius 3 is 2.25 bits per heavy atom. The molecule has 0 amide bonds. The number of hydrogen-bond acceptors (Lipinski definition) is 3. The molecular formula is C17H27NO2. The van der Waals surface area contributed by atoms with Gasteiger partial charge in [-0.3, -0.25) is 4.79 Å². The van der Waals surface area contributed by atoms with Crippen LogP contribution in [0, 0.1) is 11.8 Å². The van der Waals surface area contributed by atoms with E-state index in [1.165, 1.54) is 19.5 Å². The number of esters is 1. The Morgan fingerprint density at radius 1 is 1.20 bits per heavy atom. The molecule has 1 aliphatic rings. The first-order valence-corrected chi connectivity index (χ1v) is 7.52. The van der Waals surface area contributed by atoms with Gasteiger partial charge in [0.2, 0.25) is 0 Å². The summed E-state index contributed by atoms with van der Waals surface area (Å²) in [5.74, 6) is 1.64. The molecule has 112 valence electrons. The number of nitrogens with one attached hydrogen (secondary N) is 1. The molecule has 2 atom stereocenters. The first-order chi connectivity index (χ1) is 9.61. The second kappa shape index (κ2) is 9.54. The van der Waals surface area contributed by atoms with E-state index in [0.717, 1.165) is 17.4 Å². The second-order valence-electron chi connectivity index (χ2n) is 5.57. The van der Waals surface area contributed by atoms with Crippen molar-refractivity contribution in [3.63, 3.8) is 0 Å². The van der Waals surface area contributed by atoms with E-state index >= 15 is 0 Å². The van der Waals surface area contributed by atoms with E-state index in [9.17, 15) is 4.79 Å². The Bertz CT molecular complexity index is 370. The van der Waals surface area contributed by atoms with Crippen LogP contribution in [0.25, 0.3) is 0 Å². The summed E-state index contributed by atoms with van der Waals surface area (Å²) >= 11 is 0. The highest BCUT2D eigenvalue weighted by molar-refractivity contribution is 5.72. The van der Waals surface area contributed by atoms with Crippen molar-refractivity contribution in [1.82, 2.24) is 5.32 Å². The largest absolute Gasteiger partial charge is 0.466 e. The standard InChI is InChI=1S/C10H12O2.C7H15N/c1-2-12-10(11)8-9-6-4-3-5-7-9;1-6-3-7(2)5-8-4-6/h3-7H,2,8H2,1H3;6-8H,3-5H2,1-2H3. The zero-order valence-corrected chi connectivity index (χ0v) is 12.9. The normalized spacial score (nSPS) is 21.6. The Hall–Kier alpha value is -1.35. The van der Waals surface area contributed by atoms with Crippen LogP contribution in [0.2, 0.25) is 0 Å². The number of carbonyl (C=O) groups is 1. The van der Waals surface area contributed by atoms with Gasteiger partial charge in [0.05, 0.1) is 13.0 Å². The number of ether oxygens (including phenoxy) is 1. The van der Waals surface area contributed by atoms with Crippen LogP contribution < -0.4 is 5.32 Å². The maximum Gasteiger partial charge on any atom is 0.310 e. The molecule has 0 bridgehead atoms. The van der Waals surface area contributed by atoms with Gasteiger partial charge in [-0.25, -0.2) is 0 Å². The van der Waals surface area contributed by atoms with E-state index in [2.05, 4.69) is 19.2 Å². The third kappa shape index (κ3) is 7.29. The van der Waals surface area contributed by atoms with Crippen LogP contribution in [0.5, 0.6) is 0 Å². The van der Waals surface area contributed by atoms with Gasteiger partial charge in [0.15, 0.2) is 0 Å². The first-order valence-electron chi connectivity index (χ1n) is 7.52. The molecule has 1 heterocycles. The van der Waals surface area contributed by atoms with E-state index in [1.54, 1.807) is 0 Å². The average Bonchev–Trinajstić information content (AvgIpc) is 2.40. The average molecular weight is 277 g/mol. The molecule has 0 saturated carbocycles. The molecule has 20 heavy (non-hydrogen) atoms. The summed E-state index contributed by atoms with van der Waals surface area (Å²) in [6.07, 6.45) is 1.78. The van der Waals surface area contributed by atoms with Crippen LogP contribution in [-0.4, -0.2) is 25.7 Å². The maximum atomic E-state index is 11.0. The van der Waals surface area contributed by atoms with Crippen molar-refractivity contribution in [2.24, 2.45) is 11.8 Å². The van der Waals surface area contributed by atoms with E-state index in [-0.39, 0.29) is 5.97 Å². The fourth-order valence-electron chi connectivity index (χ4n) is 2.40. The molecule has 0 aromatic heterocycles. The molecule has 1 aromatic carbocycles. The summed E-state index contributed by atoms with van der Waals surface area (Å²) in [7, 11) is 0. The minimum atomic E-state index is -0.163. The fraction of sp³-hybridized carbons (Fsp3) is 0.588. The zero-order valence-electron chi connectivity index (χ0n) is 12.9. The zero-order chi connectivity index (χ0) is 14.8. The number of benzene rings is 1. The van der Waals surface area contributed by atoms with Crippen LogP contribution in [0.15, 0.2) is 30.3 Å². The topological polar surface area (TPSA) is 38.3 Å². The van der Waals surface area contributed by atoms with Gasteiger partial charge in [-0.1, -0.05) is 44.2 Å². The number of rotatable bonds is 3. The quantitative estimate of drug-likeness (QED) is 0.863. The molecule has 1 aromatic rings. The molecule has 1 N–H and O–H groups in total. The van der Waals surface area contributed by atoms with Crippen LogP contribution >= 0.6 is 0 Å². The third-order valence-electron chi connectivity index (χ3n) is 3.29. The smallest absolute Gasteiger partial charge is 0.310 e. The predicted molar refractivity (Wildman–Crippen MR) is 82.6 cm³/mol. The highest BCUT2D eigenvalue weighted by Gasteiger charge is 2.12. The molecule has 1 aliphatic heterocycles. The van der Waals surface area contributed by atoms with Crippen LogP contribution in [0.3, 0.4) is 0 Å². The fourth-order valence-corrected chi connectivity index (χ4v) is 2.40. The molecule has 3 nitrogen and oxygen atoms in total. The Labute approximate surface area is 122 Å². The summed E-state index contributed by atoms with van der Waals surface area (Å²) in [6, 6.07) is 9.58. The molecule has 2 unspecified atom stereocenters. The summed E-state index contributed by atoms with van der Waals surface area (Å²) < 4.78 is 4.81. The maximum absolute atomic E-state index is 11.0. The molecule has 1 fully saturated rings. The first kappa shape index (κ1) is 16.7. The van der Waals surface area contributed by atoms with Crippen molar-refractivity contribution in [1.29, 1.82) is 0 Å². The van der Waals surface area contributed by atoms with Gasteiger partial charge in [-0.15, -0.1) is 0 Å². The highest BCUT2D eigenvalue weighted by Crippen LogP contribution is 2.13. The minimum Gasteiger partial charge on any atom is -0.466 e. The Morgan fingerprint density at radius 2 is 1.80 bits per heavy atom. The lowest BCUT2D eigenvalue weighted by molar-refractivity contribution is -0.142. The molecular weight excluding hydrogens is 250 g/mol. The van der Waals surface area contributed by atoms with Crippen LogP contribution in [0.1, 0.15) is 32.8 Å². The van der Waals surface area contributed by atoms with Gasteiger partial charge in [-0.05, 0) is 43.8 Å². The highest BCUT2D eigenvalue weighted by atomic mass is 16.5. The van der Waals surface area contributed by atoms with Crippen molar-refractivity contribution in [3.8, 4) is 0 Å². The number of piperidine rings is 1. The van der Waals surface area contributed by atoms with E-state index in [1.807, 2.05) is 37.3 Å². The number of hydrogen-bond donors (Lipinski definition) is 1. The minimum absolute atomic E-state index is 0.163. The van der Waals surface area contributed by atoms with Gasteiger partial charge in [0.1, 0.15) is 0 Å². The van der Waals surface area contributed by atoms with E-state index in [4.69, 9.17) is 4.74 Å². The lowest BCUT2D eigenvalue weighted by Gasteiger charge is -2.24.